The number of carbonyl (C=O) groups excluding carboxylic acids is 1. The summed E-state index contributed by atoms with van der Waals surface area (Å²) in [5.74, 6) is -1.33. The largest absolute Gasteiger partial charge is 0.455 e. The lowest BCUT2D eigenvalue weighted by Gasteiger charge is -2.36. The smallest absolute Gasteiger partial charge is 0.344 e. The summed E-state index contributed by atoms with van der Waals surface area (Å²) in [6.07, 6.45) is 6.81. The molecule has 15 heteroatoms. The van der Waals surface area contributed by atoms with Crippen LogP contribution >= 0.6 is 23.2 Å². The number of aryl methyl sites for hydroxylation is 2. The quantitative estimate of drug-likeness (QED) is 0.159. The van der Waals surface area contributed by atoms with Gasteiger partial charge in [-0.05, 0) is 74.2 Å². The Labute approximate surface area is 307 Å². The first-order valence-corrected chi connectivity index (χ1v) is 17.7. The van der Waals surface area contributed by atoms with Gasteiger partial charge in [-0.3, -0.25) is 9.69 Å². The molecule has 2 aliphatic rings. The van der Waals surface area contributed by atoms with E-state index in [0.717, 1.165) is 35.3 Å². The highest BCUT2D eigenvalue weighted by Crippen LogP contribution is 2.38. The fourth-order valence-corrected chi connectivity index (χ4v) is 7.20. The average Bonchev–Trinajstić information content (AvgIpc) is 3.68. The number of rotatable bonds is 9. The van der Waals surface area contributed by atoms with Gasteiger partial charge < -0.3 is 14.2 Å². The summed E-state index contributed by atoms with van der Waals surface area (Å²) in [5, 5.41) is 18.0. The van der Waals surface area contributed by atoms with Crippen molar-refractivity contribution in [3.63, 3.8) is 0 Å². The van der Waals surface area contributed by atoms with Gasteiger partial charge in [-0.1, -0.05) is 45.8 Å². The van der Waals surface area contributed by atoms with Crippen LogP contribution in [0.2, 0.25) is 10.0 Å². The van der Waals surface area contributed by atoms with Crippen molar-refractivity contribution in [1.82, 2.24) is 39.5 Å². The SMILES string of the molecule is Cc1ccc(-n2cc(COC(=O)c3cn(C4CC4)c4cc(N5CCN(Cc6cn(-c7ccc(C)cc7Cl)nn6)CC5)c(F)cc4c3=O)nn2)c(Cl)c1. The molecule has 1 saturated heterocycles. The van der Waals surface area contributed by atoms with Crippen molar-refractivity contribution in [2.24, 2.45) is 0 Å². The van der Waals surface area contributed by atoms with E-state index in [0.29, 0.717) is 65.4 Å². The summed E-state index contributed by atoms with van der Waals surface area (Å²) in [5.41, 5.74) is 4.93. The van der Waals surface area contributed by atoms with Crippen molar-refractivity contribution in [3.05, 3.63) is 121 Å². The Kier molecular flexibility index (Phi) is 9.02. The number of aromatic nitrogens is 7. The third-order valence-electron chi connectivity index (χ3n) is 9.49. The number of pyridine rings is 1. The van der Waals surface area contributed by atoms with Gasteiger partial charge in [0.05, 0.1) is 50.7 Å². The van der Waals surface area contributed by atoms with Gasteiger partial charge in [0.25, 0.3) is 0 Å². The van der Waals surface area contributed by atoms with Crippen molar-refractivity contribution in [2.75, 3.05) is 31.1 Å². The standard InChI is InChI=1S/C37H34Cl2FN9O3/c1-22-3-7-32(29(38)13-22)48-18-24(41-43-48)17-45-9-11-46(12-10-45)35-16-34-27(15-31(35)40)36(50)28(20-47(34)26-5-6-26)37(51)52-21-25-19-49(44-42-25)33-8-4-23(2)14-30(33)39/h3-4,7-8,13-16,18-20,26H,5-6,9-12,17,21H2,1-2H3. The Hall–Kier alpha value is -5.11. The number of piperazine rings is 1. The lowest BCUT2D eigenvalue weighted by atomic mass is 10.1. The number of esters is 1. The van der Waals surface area contributed by atoms with Crippen molar-refractivity contribution >= 4 is 45.8 Å². The maximum absolute atomic E-state index is 15.8. The Morgan fingerprint density at radius 1 is 0.827 bits per heavy atom. The maximum atomic E-state index is 15.8. The third kappa shape index (κ3) is 6.79. The van der Waals surface area contributed by atoms with Crippen LogP contribution in [0.1, 0.15) is 51.8 Å². The molecule has 0 radical (unpaired) electrons. The number of ether oxygens (including phenoxy) is 1. The molecule has 266 valence electrons. The molecule has 0 atom stereocenters. The number of fused-ring (bicyclic) bond motifs is 1. The van der Waals surface area contributed by atoms with E-state index in [1.807, 2.05) is 65.9 Å². The highest BCUT2D eigenvalue weighted by atomic mass is 35.5. The molecule has 0 spiro atoms. The van der Waals surface area contributed by atoms with Crippen LogP contribution in [0.5, 0.6) is 0 Å². The molecule has 1 saturated carbocycles. The monoisotopic (exact) mass is 741 g/mol. The summed E-state index contributed by atoms with van der Waals surface area (Å²) in [6, 6.07) is 14.4. The molecule has 8 rings (SSSR count). The Balaban J connectivity index is 0.961. The second-order valence-electron chi connectivity index (χ2n) is 13.4. The van der Waals surface area contributed by atoms with Crippen molar-refractivity contribution in [3.8, 4) is 11.4 Å². The minimum Gasteiger partial charge on any atom is -0.455 e. The second-order valence-corrected chi connectivity index (χ2v) is 14.2. The minimum atomic E-state index is -0.813. The van der Waals surface area contributed by atoms with Gasteiger partial charge in [0.15, 0.2) is 0 Å². The van der Waals surface area contributed by atoms with Crippen LogP contribution in [0, 0.1) is 19.7 Å². The molecule has 3 aromatic carbocycles. The summed E-state index contributed by atoms with van der Waals surface area (Å²) in [4.78, 5) is 31.2. The molecule has 1 aliphatic carbocycles. The van der Waals surface area contributed by atoms with Gasteiger partial charge in [-0.2, -0.15) is 0 Å². The maximum Gasteiger partial charge on any atom is 0.344 e. The highest BCUT2D eigenvalue weighted by molar-refractivity contribution is 6.32. The Morgan fingerprint density at radius 2 is 1.44 bits per heavy atom. The second kappa shape index (κ2) is 13.8. The van der Waals surface area contributed by atoms with Crippen LogP contribution in [-0.2, 0) is 17.9 Å². The fraction of sp³-hybridized carbons (Fsp3) is 0.297. The van der Waals surface area contributed by atoms with Crippen molar-refractivity contribution < 1.29 is 13.9 Å². The summed E-state index contributed by atoms with van der Waals surface area (Å²) < 4.78 is 26.4. The number of carbonyl (C=O) groups is 1. The summed E-state index contributed by atoms with van der Waals surface area (Å²) in [6.45, 7) is 6.83. The van der Waals surface area contributed by atoms with E-state index in [-0.39, 0.29) is 23.6 Å². The molecule has 6 aromatic rings. The average molecular weight is 743 g/mol. The molecule has 0 amide bonds. The van der Waals surface area contributed by atoms with Crippen molar-refractivity contribution in [2.45, 2.75) is 45.9 Å². The van der Waals surface area contributed by atoms with Gasteiger partial charge in [0.2, 0.25) is 5.43 Å². The number of hydrogen-bond acceptors (Lipinski definition) is 9. The van der Waals surface area contributed by atoms with E-state index in [4.69, 9.17) is 27.9 Å². The van der Waals surface area contributed by atoms with Gasteiger partial charge >= 0.3 is 5.97 Å². The van der Waals surface area contributed by atoms with Gasteiger partial charge in [-0.15, -0.1) is 10.2 Å². The van der Waals surface area contributed by atoms with E-state index in [2.05, 4.69) is 25.5 Å². The van der Waals surface area contributed by atoms with E-state index < -0.39 is 17.2 Å². The molecule has 4 heterocycles. The Morgan fingerprint density at radius 3 is 2.06 bits per heavy atom. The molecular formula is C37H34Cl2FN9O3. The van der Waals surface area contributed by atoms with Crippen LogP contribution in [0.3, 0.4) is 0 Å². The van der Waals surface area contributed by atoms with Crippen LogP contribution in [0.25, 0.3) is 22.3 Å². The van der Waals surface area contributed by atoms with Crippen LogP contribution < -0.4 is 10.3 Å². The molecule has 0 N–H and O–H groups in total. The van der Waals surface area contributed by atoms with E-state index in [1.54, 1.807) is 23.1 Å². The predicted octanol–water partition coefficient (Wildman–Crippen LogP) is 6.24. The first-order valence-electron chi connectivity index (χ1n) is 17.0. The molecule has 3 aromatic heterocycles. The zero-order valence-electron chi connectivity index (χ0n) is 28.5. The Bertz CT molecular complexity index is 2400. The van der Waals surface area contributed by atoms with Crippen LogP contribution in [0.15, 0.2) is 71.9 Å². The molecule has 1 aliphatic heterocycles. The fourth-order valence-electron chi connectivity index (χ4n) is 6.56. The molecular weight excluding hydrogens is 708 g/mol. The summed E-state index contributed by atoms with van der Waals surface area (Å²) >= 11 is 12.8. The van der Waals surface area contributed by atoms with E-state index in [1.165, 1.54) is 10.7 Å². The lowest BCUT2D eigenvalue weighted by Crippen LogP contribution is -2.46. The molecule has 2 fully saturated rings. The third-order valence-corrected chi connectivity index (χ3v) is 10.1. The van der Waals surface area contributed by atoms with Crippen molar-refractivity contribution in [1.29, 1.82) is 0 Å². The van der Waals surface area contributed by atoms with Gasteiger partial charge in [-0.25, -0.2) is 18.5 Å². The topological polar surface area (TPSA) is 116 Å². The van der Waals surface area contributed by atoms with E-state index >= 15 is 4.39 Å². The van der Waals surface area contributed by atoms with E-state index in [9.17, 15) is 9.59 Å². The number of benzene rings is 3. The zero-order chi connectivity index (χ0) is 36.1. The number of hydrogen-bond donors (Lipinski definition) is 0. The number of anilines is 1. The highest BCUT2D eigenvalue weighted by Gasteiger charge is 2.29. The minimum absolute atomic E-state index is 0.104. The normalized spacial score (nSPS) is 15.1. The van der Waals surface area contributed by atoms with Crippen LogP contribution in [-0.4, -0.2) is 71.6 Å². The zero-order valence-corrected chi connectivity index (χ0v) is 30.0. The molecule has 12 nitrogen and oxygen atoms in total. The lowest BCUT2D eigenvalue weighted by molar-refractivity contribution is 0.0465. The predicted molar refractivity (Wildman–Crippen MR) is 195 cm³/mol. The number of nitrogens with zero attached hydrogens (tertiary/aromatic N) is 9. The molecule has 52 heavy (non-hydrogen) atoms. The first-order chi connectivity index (χ1) is 25.1. The summed E-state index contributed by atoms with van der Waals surface area (Å²) in [7, 11) is 0. The molecule has 0 unspecified atom stereocenters. The number of halogens is 3. The van der Waals surface area contributed by atoms with Crippen LogP contribution in [0.4, 0.5) is 10.1 Å². The molecule has 0 bridgehead atoms. The van der Waals surface area contributed by atoms with Gasteiger partial charge in [0, 0.05) is 50.3 Å². The van der Waals surface area contributed by atoms with Gasteiger partial charge in [0.1, 0.15) is 23.7 Å². The first kappa shape index (κ1) is 34.0.